The van der Waals surface area contributed by atoms with Crippen molar-refractivity contribution in [3.05, 3.63) is 0 Å². The van der Waals surface area contributed by atoms with Crippen LogP contribution in [0.3, 0.4) is 0 Å². The molecule has 118 valence electrons. The van der Waals surface area contributed by atoms with Gasteiger partial charge in [-0.05, 0) is 23.3 Å². The third kappa shape index (κ3) is 5.25. The Morgan fingerprint density at radius 2 is 2.19 bits per heavy atom. The van der Waals surface area contributed by atoms with Crippen LogP contribution in [0, 0.1) is 0 Å². The average Bonchev–Trinajstić information content (AvgIpc) is 3.16. The molecule has 1 aliphatic heterocycles. The van der Waals surface area contributed by atoms with E-state index in [0.29, 0.717) is 24.1 Å². The van der Waals surface area contributed by atoms with Crippen molar-refractivity contribution in [3.8, 4) is 0 Å². The monoisotopic (exact) mass is 314 g/mol. The van der Waals surface area contributed by atoms with Crippen molar-refractivity contribution in [1.29, 1.82) is 0 Å². The molecule has 1 amide bonds. The number of carbonyl (C=O) groups excluding carboxylic acids is 1. The lowest BCUT2D eigenvalue weighted by Crippen LogP contribution is -2.29. The maximum atomic E-state index is 12.0. The van der Waals surface area contributed by atoms with Crippen LogP contribution < -0.4 is 5.32 Å². The van der Waals surface area contributed by atoms with Crippen molar-refractivity contribution in [3.63, 3.8) is 0 Å². The minimum absolute atomic E-state index is 0.172. The fourth-order valence-electron chi connectivity index (χ4n) is 2.11. The molecule has 0 bridgehead atoms. The average molecular weight is 314 g/mol. The number of nitrogens with one attached hydrogen (secondary N) is 1. The highest BCUT2D eigenvalue weighted by atomic mass is 32.2. The number of thioether (sulfide) groups is 1. The Morgan fingerprint density at radius 3 is 2.95 bits per heavy atom. The summed E-state index contributed by atoms with van der Waals surface area (Å²) in [4.78, 5) is 13.9. The first kappa shape index (κ1) is 16.2. The molecule has 1 aromatic heterocycles. The maximum Gasteiger partial charge on any atom is 0.233 e. The molecule has 2 heterocycles. The number of aromatic nitrogens is 4. The zero-order valence-electron chi connectivity index (χ0n) is 12.3. The highest BCUT2D eigenvalue weighted by Gasteiger charge is 2.19. The van der Waals surface area contributed by atoms with E-state index in [1.54, 1.807) is 11.8 Å². The number of hydrogen-bond donors (Lipinski definition) is 1. The van der Waals surface area contributed by atoms with Gasteiger partial charge in [-0.2, -0.15) is 0 Å². The Labute approximate surface area is 128 Å². The Hall–Kier alpha value is -1.19. The fourth-order valence-corrected chi connectivity index (χ4v) is 2.91. The molecular weight excluding hydrogens is 292 g/mol. The first-order valence-corrected chi connectivity index (χ1v) is 8.16. The summed E-state index contributed by atoms with van der Waals surface area (Å²) in [5, 5.41) is 15.5. The normalized spacial score (nSPS) is 14.8. The third-order valence-corrected chi connectivity index (χ3v) is 4.21. The quantitative estimate of drug-likeness (QED) is 0.491. The summed E-state index contributed by atoms with van der Waals surface area (Å²) < 4.78 is 6.68. The van der Waals surface area contributed by atoms with Crippen molar-refractivity contribution >= 4 is 17.7 Å². The predicted octanol–water partition coefficient (Wildman–Crippen LogP) is -0.376. The second-order valence-corrected chi connectivity index (χ2v) is 5.75. The number of carbonyl (C=O) groups is 1. The van der Waals surface area contributed by atoms with Gasteiger partial charge in [0.25, 0.3) is 0 Å². The molecule has 9 heteroatoms. The van der Waals surface area contributed by atoms with Crippen LogP contribution in [0.15, 0.2) is 5.16 Å². The zero-order chi connectivity index (χ0) is 14.9. The number of hydrogen-bond acceptors (Lipinski definition) is 7. The first-order valence-electron chi connectivity index (χ1n) is 7.17. The van der Waals surface area contributed by atoms with Crippen LogP contribution in [-0.4, -0.2) is 76.7 Å². The predicted molar refractivity (Wildman–Crippen MR) is 79.1 cm³/mol. The Balaban J connectivity index is 1.70. The number of rotatable bonds is 9. The van der Waals surface area contributed by atoms with Gasteiger partial charge < -0.3 is 15.0 Å². The first-order chi connectivity index (χ1) is 10.3. The largest absolute Gasteiger partial charge is 0.383 e. The van der Waals surface area contributed by atoms with Gasteiger partial charge >= 0.3 is 0 Å². The van der Waals surface area contributed by atoms with Crippen molar-refractivity contribution in [2.45, 2.75) is 24.5 Å². The summed E-state index contributed by atoms with van der Waals surface area (Å²) in [7, 11) is 1.68. The Bertz CT molecular complexity index is 435. The lowest BCUT2D eigenvalue weighted by atomic mass is 10.4. The Kier molecular flexibility index (Phi) is 6.90. The van der Waals surface area contributed by atoms with Crippen LogP contribution in [0.1, 0.15) is 12.8 Å². The highest BCUT2D eigenvalue weighted by Crippen LogP contribution is 2.16. The second kappa shape index (κ2) is 8.96. The van der Waals surface area contributed by atoms with Gasteiger partial charge in [0.05, 0.1) is 18.9 Å². The molecule has 2 rings (SSSR count). The molecule has 0 atom stereocenters. The molecule has 1 aliphatic rings. The van der Waals surface area contributed by atoms with E-state index in [0.717, 1.165) is 39.0 Å². The molecule has 0 spiro atoms. The molecule has 1 fully saturated rings. The van der Waals surface area contributed by atoms with Crippen LogP contribution in [0.5, 0.6) is 0 Å². The van der Waals surface area contributed by atoms with Gasteiger partial charge in [-0.1, -0.05) is 11.8 Å². The molecule has 0 radical (unpaired) electrons. The van der Waals surface area contributed by atoms with Gasteiger partial charge in [0.2, 0.25) is 11.1 Å². The van der Waals surface area contributed by atoms with Crippen molar-refractivity contribution < 1.29 is 9.53 Å². The van der Waals surface area contributed by atoms with Gasteiger partial charge in [-0.25, -0.2) is 4.68 Å². The smallest absolute Gasteiger partial charge is 0.233 e. The summed E-state index contributed by atoms with van der Waals surface area (Å²) in [5.74, 6) is 0.572. The molecule has 8 nitrogen and oxygen atoms in total. The van der Waals surface area contributed by atoms with Gasteiger partial charge in [0.1, 0.15) is 0 Å². The standard InChI is InChI=1S/C12H22N6O2S/c1-20-9-5-13-4-8-18-12(14-15-16-18)21-10-11(19)17-6-2-3-7-17/h13H,2-10H2,1H3. The second-order valence-electron chi connectivity index (χ2n) is 4.80. The van der Waals surface area contributed by atoms with Crippen molar-refractivity contribution in [2.75, 3.05) is 45.6 Å². The lowest BCUT2D eigenvalue weighted by molar-refractivity contribution is -0.127. The SMILES string of the molecule is COCCNCCn1nnnc1SCC(=O)N1CCCC1. The molecule has 21 heavy (non-hydrogen) atoms. The molecule has 1 saturated heterocycles. The number of likely N-dealkylation sites (tertiary alicyclic amines) is 1. The van der Waals surface area contributed by atoms with Crippen LogP contribution >= 0.6 is 11.8 Å². The van der Waals surface area contributed by atoms with Crippen molar-refractivity contribution in [2.24, 2.45) is 0 Å². The zero-order valence-corrected chi connectivity index (χ0v) is 13.1. The van der Waals surface area contributed by atoms with E-state index in [2.05, 4.69) is 20.8 Å². The van der Waals surface area contributed by atoms with Crippen molar-refractivity contribution in [1.82, 2.24) is 30.4 Å². The lowest BCUT2D eigenvalue weighted by Gasteiger charge is -2.14. The van der Waals surface area contributed by atoms with Gasteiger partial charge in [-0.3, -0.25) is 4.79 Å². The van der Waals surface area contributed by atoms with Crippen LogP contribution in [-0.2, 0) is 16.1 Å². The summed E-state index contributed by atoms with van der Waals surface area (Å²) in [6.45, 7) is 4.69. The van der Waals surface area contributed by atoms with E-state index in [1.807, 2.05) is 4.90 Å². The molecule has 0 aliphatic carbocycles. The summed E-state index contributed by atoms with van der Waals surface area (Å²) in [6, 6.07) is 0. The summed E-state index contributed by atoms with van der Waals surface area (Å²) in [6.07, 6.45) is 2.22. The van der Waals surface area contributed by atoms with E-state index >= 15 is 0 Å². The minimum atomic E-state index is 0.172. The number of ether oxygens (including phenoxy) is 1. The van der Waals surface area contributed by atoms with Crippen LogP contribution in [0.4, 0.5) is 0 Å². The van der Waals surface area contributed by atoms with Crippen LogP contribution in [0.2, 0.25) is 0 Å². The Morgan fingerprint density at radius 1 is 1.38 bits per heavy atom. The number of amides is 1. The number of methoxy groups -OCH3 is 1. The van der Waals surface area contributed by atoms with E-state index < -0.39 is 0 Å². The topological polar surface area (TPSA) is 85.2 Å². The minimum Gasteiger partial charge on any atom is -0.383 e. The summed E-state index contributed by atoms with van der Waals surface area (Å²) in [5.41, 5.74) is 0. The van der Waals surface area contributed by atoms with E-state index in [-0.39, 0.29) is 5.91 Å². The molecule has 1 aromatic rings. The van der Waals surface area contributed by atoms with Gasteiger partial charge in [0, 0.05) is 33.3 Å². The third-order valence-electron chi connectivity index (χ3n) is 3.27. The number of tetrazole rings is 1. The summed E-state index contributed by atoms with van der Waals surface area (Å²) >= 11 is 1.40. The van der Waals surface area contributed by atoms with E-state index in [1.165, 1.54) is 11.8 Å². The van der Waals surface area contributed by atoms with E-state index in [9.17, 15) is 4.79 Å². The van der Waals surface area contributed by atoms with Gasteiger partial charge in [-0.15, -0.1) is 5.10 Å². The van der Waals surface area contributed by atoms with E-state index in [4.69, 9.17) is 4.74 Å². The van der Waals surface area contributed by atoms with Gasteiger partial charge in [0.15, 0.2) is 0 Å². The van der Waals surface area contributed by atoms with Crippen LogP contribution in [0.25, 0.3) is 0 Å². The fraction of sp³-hybridized carbons (Fsp3) is 0.833. The molecule has 0 unspecified atom stereocenters. The molecule has 0 aromatic carbocycles. The molecule has 1 N–H and O–H groups in total. The highest BCUT2D eigenvalue weighted by molar-refractivity contribution is 7.99. The molecule has 0 saturated carbocycles. The molecular formula is C12H22N6O2S. The number of nitrogens with zero attached hydrogens (tertiary/aromatic N) is 5. The maximum absolute atomic E-state index is 12.0.